The number of rotatable bonds is 4. The number of benzene rings is 1. The largest absolute Gasteiger partial charge is 0.441 e. The van der Waals surface area contributed by atoms with Crippen molar-refractivity contribution in [3.63, 3.8) is 0 Å². The van der Waals surface area contributed by atoms with Crippen molar-refractivity contribution in [2.24, 2.45) is 5.92 Å². The van der Waals surface area contributed by atoms with Gasteiger partial charge in [0.05, 0.1) is 0 Å². The Hall–Kier alpha value is -1.55. The molecule has 0 aliphatic heterocycles. The fourth-order valence-corrected chi connectivity index (χ4v) is 1.72. The van der Waals surface area contributed by atoms with Crippen LogP contribution in [0.2, 0.25) is 0 Å². The normalized spacial score (nSPS) is 13.1. The Morgan fingerprint density at radius 2 is 2.31 bits per heavy atom. The van der Waals surface area contributed by atoms with Crippen molar-refractivity contribution in [2.75, 3.05) is 19.5 Å². The number of oxazole rings is 1. The Kier molecular flexibility index (Phi) is 3.10. The van der Waals surface area contributed by atoms with Gasteiger partial charge in [0.15, 0.2) is 11.5 Å². The Morgan fingerprint density at radius 1 is 1.50 bits per heavy atom. The highest BCUT2D eigenvalue weighted by Gasteiger charge is 2.10. The smallest absolute Gasteiger partial charge is 0.195 e. The van der Waals surface area contributed by atoms with Gasteiger partial charge in [-0.05, 0) is 24.1 Å². The average Bonchev–Trinajstić information content (AvgIpc) is 2.59. The van der Waals surface area contributed by atoms with Crippen LogP contribution in [-0.4, -0.2) is 18.7 Å². The van der Waals surface area contributed by atoms with Crippen LogP contribution < -0.4 is 5.73 Å². The van der Waals surface area contributed by atoms with Gasteiger partial charge in [-0.25, -0.2) is 4.98 Å². The molecule has 0 spiro atoms. The maximum absolute atomic E-state index is 5.68. The second kappa shape index (κ2) is 4.53. The monoisotopic (exact) mass is 220 g/mol. The van der Waals surface area contributed by atoms with Gasteiger partial charge >= 0.3 is 0 Å². The number of fused-ring (bicyclic) bond motifs is 1. The maximum Gasteiger partial charge on any atom is 0.195 e. The molecule has 0 aliphatic carbocycles. The van der Waals surface area contributed by atoms with Gasteiger partial charge in [-0.15, -0.1) is 0 Å². The van der Waals surface area contributed by atoms with Crippen molar-refractivity contribution in [1.82, 2.24) is 4.98 Å². The van der Waals surface area contributed by atoms with Crippen LogP contribution in [0.3, 0.4) is 0 Å². The molecule has 1 aromatic carbocycles. The molecule has 4 nitrogen and oxygen atoms in total. The second-order valence-electron chi connectivity index (χ2n) is 4.10. The van der Waals surface area contributed by atoms with Gasteiger partial charge in [0.2, 0.25) is 0 Å². The number of methoxy groups -OCH3 is 1. The zero-order valence-corrected chi connectivity index (χ0v) is 9.56. The molecule has 0 saturated heterocycles. The zero-order valence-electron chi connectivity index (χ0n) is 9.56. The van der Waals surface area contributed by atoms with Crippen molar-refractivity contribution >= 4 is 16.8 Å². The molecule has 0 aliphatic rings. The van der Waals surface area contributed by atoms with Crippen molar-refractivity contribution in [1.29, 1.82) is 0 Å². The molecule has 1 aromatic heterocycles. The predicted octanol–water partition coefficient (Wildman–Crippen LogP) is 2.24. The molecule has 0 saturated carbocycles. The lowest BCUT2D eigenvalue weighted by Crippen LogP contribution is -2.06. The Morgan fingerprint density at radius 3 is 3.06 bits per heavy atom. The fraction of sp³-hybridized carbons (Fsp3) is 0.417. The summed E-state index contributed by atoms with van der Waals surface area (Å²) in [6, 6.07) is 5.49. The summed E-state index contributed by atoms with van der Waals surface area (Å²) in [4.78, 5) is 4.39. The lowest BCUT2D eigenvalue weighted by Gasteiger charge is -2.05. The van der Waals surface area contributed by atoms with Gasteiger partial charge in [0, 0.05) is 25.8 Å². The molecule has 2 N–H and O–H groups in total. The highest BCUT2D eigenvalue weighted by atomic mass is 16.5. The quantitative estimate of drug-likeness (QED) is 0.803. The Bertz CT molecular complexity index is 479. The van der Waals surface area contributed by atoms with Gasteiger partial charge in [0.1, 0.15) is 5.52 Å². The standard InChI is InChI=1S/C12H16N2O2/c1-8(7-15-2)5-12-14-10-6-9(13)3-4-11(10)16-12/h3-4,6,8H,5,7,13H2,1-2H3. The van der Waals surface area contributed by atoms with E-state index in [1.54, 1.807) is 7.11 Å². The highest BCUT2D eigenvalue weighted by molar-refractivity contribution is 5.76. The molecular weight excluding hydrogens is 204 g/mol. The van der Waals surface area contributed by atoms with Crippen LogP contribution in [0.5, 0.6) is 0 Å². The summed E-state index contributed by atoms with van der Waals surface area (Å²) in [5, 5.41) is 0. The highest BCUT2D eigenvalue weighted by Crippen LogP contribution is 2.19. The lowest BCUT2D eigenvalue weighted by atomic mass is 10.1. The number of hydrogen-bond donors (Lipinski definition) is 1. The number of anilines is 1. The van der Waals surface area contributed by atoms with Gasteiger partial charge in [-0.3, -0.25) is 0 Å². The van der Waals surface area contributed by atoms with Gasteiger partial charge < -0.3 is 14.9 Å². The minimum absolute atomic E-state index is 0.399. The fourth-order valence-electron chi connectivity index (χ4n) is 1.72. The van der Waals surface area contributed by atoms with E-state index in [1.165, 1.54) is 0 Å². The van der Waals surface area contributed by atoms with E-state index in [2.05, 4.69) is 11.9 Å². The molecule has 86 valence electrons. The third-order valence-electron chi connectivity index (χ3n) is 2.43. The Labute approximate surface area is 94.4 Å². The van der Waals surface area contributed by atoms with E-state index in [-0.39, 0.29) is 0 Å². The Balaban J connectivity index is 2.19. The molecule has 1 unspecified atom stereocenters. The first-order valence-electron chi connectivity index (χ1n) is 5.33. The molecule has 0 amide bonds. The number of ether oxygens (including phenoxy) is 1. The van der Waals surface area contributed by atoms with Crippen LogP contribution in [-0.2, 0) is 11.2 Å². The second-order valence-corrected chi connectivity index (χ2v) is 4.10. The minimum Gasteiger partial charge on any atom is -0.441 e. The van der Waals surface area contributed by atoms with Crippen LogP contribution in [0.25, 0.3) is 11.1 Å². The van der Waals surface area contributed by atoms with Crippen LogP contribution in [0.15, 0.2) is 22.6 Å². The summed E-state index contributed by atoms with van der Waals surface area (Å²) in [6.45, 7) is 2.81. The van der Waals surface area contributed by atoms with E-state index in [4.69, 9.17) is 14.9 Å². The third-order valence-corrected chi connectivity index (χ3v) is 2.43. The van der Waals surface area contributed by atoms with Crippen molar-refractivity contribution in [3.8, 4) is 0 Å². The van der Waals surface area contributed by atoms with E-state index in [0.717, 1.165) is 23.4 Å². The van der Waals surface area contributed by atoms with Crippen LogP contribution in [0.1, 0.15) is 12.8 Å². The molecule has 0 radical (unpaired) electrons. The molecule has 1 atom stereocenters. The maximum atomic E-state index is 5.68. The predicted molar refractivity (Wildman–Crippen MR) is 63.2 cm³/mol. The van der Waals surface area contributed by atoms with Crippen LogP contribution in [0, 0.1) is 5.92 Å². The number of nitrogens with zero attached hydrogens (tertiary/aromatic N) is 1. The summed E-state index contributed by atoms with van der Waals surface area (Å²) in [7, 11) is 1.70. The van der Waals surface area contributed by atoms with E-state index in [0.29, 0.717) is 18.2 Å². The van der Waals surface area contributed by atoms with E-state index in [9.17, 15) is 0 Å². The van der Waals surface area contributed by atoms with E-state index in [1.807, 2.05) is 18.2 Å². The summed E-state index contributed by atoms with van der Waals surface area (Å²) < 4.78 is 10.7. The first-order valence-corrected chi connectivity index (χ1v) is 5.33. The molecular formula is C12H16N2O2. The zero-order chi connectivity index (χ0) is 11.5. The van der Waals surface area contributed by atoms with Crippen molar-refractivity contribution in [2.45, 2.75) is 13.3 Å². The van der Waals surface area contributed by atoms with Gasteiger partial charge in [-0.2, -0.15) is 0 Å². The molecule has 0 bridgehead atoms. The first-order chi connectivity index (χ1) is 7.69. The number of nitrogens with two attached hydrogens (primary N) is 1. The lowest BCUT2D eigenvalue weighted by molar-refractivity contribution is 0.156. The minimum atomic E-state index is 0.399. The molecule has 2 rings (SSSR count). The molecule has 2 aromatic rings. The third kappa shape index (κ3) is 2.33. The molecule has 4 heteroatoms. The summed E-state index contributed by atoms with van der Waals surface area (Å²) in [5.74, 6) is 1.14. The summed E-state index contributed by atoms with van der Waals surface area (Å²) in [6.07, 6.45) is 0.780. The van der Waals surface area contributed by atoms with Crippen molar-refractivity contribution in [3.05, 3.63) is 24.1 Å². The summed E-state index contributed by atoms with van der Waals surface area (Å²) >= 11 is 0. The van der Waals surface area contributed by atoms with E-state index < -0.39 is 0 Å². The van der Waals surface area contributed by atoms with E-state index >= 15 is 0 Å². The SMILES string of the molecule is COCC(C)Cc1nc2cc(N)ccc2o1. The molecule has 1 heterocycles. The van der Waals surface area contributed by atoms with Crippen LogP contribution >= 0.6 is 0 Å². The number of hydrogen-bond acceptors (Lipinski definition) is 4. The van der Waals surface area contributed by atoms with Crippen molar-refractivity contribution < 1.29 is 9.15 Å². The number of nitrogen functional groups attached to an aromatic ring is 1. The molecule has 0 fully saturated rings. The number of aromatic nitrogens is 1. The average molecular weight is 220 g/mol. The topological polar surface area (TPSA) is 61.3 Å². The van der Waals surface area contributed by atoms with Gasteiger partial charge in [0.25, 0.3) is 0 Å². The summed E-state index contributed by atoms with van der Waals surface area (Å²) in [5.41, 5.74) is 7.99. The van der Waals surface area contributed by atoms with Gasteiger partial charge in [-0.1, -0.05) is 6.92 Å². The first kappa shape index (κ1) is 11.0. The van der Waals surface area contributed by atoms with Crippen LogP contribution in [0.4, 0.5) is 5.69 Å². The molecule has 16 heavy (non-hydrogen) atoms.